The first kappa shape index (κ1) is 45.2. The maximum absolute atomic E-state index is 16.5. The molecule has 9 nitrogen and oxygen atoms in total. The largest absolute Gasteiger partial charge is 0.362 e. The van der Waals surface area contributed by atoms with Crippen LogP contribution in [0.4, 0.5) is 24.7 Å². The predicted octanol–water partition coefficient (Wildman–Crippen LogP) is 9.08. The minimum atomic E-state index is -4.51. The lowest BCUT2D eigenvalue weighted by molar-refractivity contribution is 0.0820. The number of ether oxygens (including phenoxy) is 2. The smallest absolute Gasteiger partial charge is 0.263 e. The number of sulfonamides is 1. The molecule has 1 aliphatic rings. The number of nitrogens with one attached hydrogen (secondary N) is 3. The normalized spacial score (nSPS) is 15.5. The van der Waals surface area contributed by atoms with Crippen molar-refractivity contribution in [1.29, 1.82) is 5.41 Å². The molecular formula is C41H58F3N5O4S3. The van der Waals surface area contributed by atoms with Crippen LogP contribution in [0.25, 0.3) is 11.1 Å². The lowest BCUT2D eigenvalue weighted by Gasteiger charge is -2.31. The van der Waals surface area contributed by atoms with Crippen molar-refractivity contribution in [1.82, 2.24) is 9.88 Å². The third-order valence-electron chi connectivity index (χ3n) is 9.75. The second-order valence-electron chi connectivity index (χ2n) is 15.2. The van der Waals surface area contributed by atoms with Gasteiger partial charge in [0, 0.05) is 29.0 Å². The molecular weight excluding hydrogens is 780 g/mol. The molecule has 310 valence electrons. The molecule has 0 bridgehead atoms. The second-order valence-corrected chi connectivity index (χ2v) is 25.9. The van der Waals surface area contributed by atoms with E-state index in [0.717, 1.165) is 42.0 Å². The van der Waals surface area contributed by atoms with E-state index in [1.54, 1.807) is 12.1 Å². The van der Waals surface area contributed by atoms with E-state index in [4.69, 9.17) is 9.47 Å². The monoisotopic (exact) mass is 837 g/mol. The fourth-order valence-electron chi connectivity index (χ4n) is 5.97. The van der Waals surface area contributed by atoms with E-state index < -0.39 is 63.8 Å². The van der Waals surface area contributed by atoms with Crippen LogP contribution in [0.2, 0.25) is 0 Å². The Balaban J connectivity index is 1.79. The highest BCUT2D eigenvalue weighted by Crippen LogP contribution is 2.40. The first-order chi connectivity index (χ1) is 26.3. The molecule has 3 aromatic rings. The predicted molar refractivity (Wildman–Crippen MR) is 231 cm³/mol. The summed E-state index contributed by atoms with van der Waals surface area (Å²) in [5.74, 6) is -0.773. The molecule has 0 radical (unpaired) electrons. The molecule has 2 aromatic carbocycles. The lowest BCUT2D eigenvalue weighted by atomic mass is 9.90. The molecule has 2 heterocycles. The molecule has 0 saturated heterocycles. The number of aryl methyl sites for hydroxylation is 1. The Morgan fingerprint density at radius 1 is 0.982 bits per heavy atom. The van der Waals surface area contributed by atoms with Gasteiger partial charge >= 0.3 is 0 Å². The summed E-state index contributed by atoms with van der Waals surface area (Å²) in [6.07, 6.45) is 19.1. The van der Waals surface area contributed by atoms with Gasteiger partial charge in [0.15, 0.2) is 17.5 Å². The van der Waals surface area contributed by atoms with Crippen LogP contribution in [0.1, 0.15) is 43.9 Å². The summed E-state index contributed by atoms with van der Waals surface area (Å²) in [6, 6.07) is 6.43. The lowest BCUT2D eigenvalue weighted by Crippen LogP contribution is -2.30. The minimum Gasteiger partial charge on any atom is -0.362 e. The maximum atomic E-state index is 16.5. The molecule has 0 aliphatic carbocycles. The molecule has 0 spiro atoms. The van der Waals surface area contributed by atoms with E-state index in [0.29, 0.717) is 35.7 Å². The van der Waals surface area contributed by atoms with E-state index in [1.165, 1.54) is 13.0 Å². The molecule has 1 aliphatic heterocycles. The van der Waals surface area contributed by atoms with Crippen LogP contribution in [0.15, 0.2) is 65.5 Å². The fourth-order valence-corrected chi connectivity index (χ4v) is 8.71. The quantitative estimate of drug-likeness (QED) is 0.0591. The summed E-state index contributed by atoms with van der Waals surface area (Å²) in [7, 11) is -6.07. The van der Waals surface area contributed by atoms with E-state index in [1.807, 2.05) is 24.1 Å². The number of aromatic nitrogens is 1. The van der Waals surface area contributed by atoms with Gasteiger partial charge in [0.05, 0.1) is 41.3 Å². The molecule has 1 unspecified atom stereocenters. The zero-order chi connectivity index (χ0) is 41.4. The summed E-state index contributed by atoms with van der Waals surface area (Å²) < 4.78 is 87.2. The first-order valence-corrected chi connectivity index (χ1v) is 25.9. The molecule has 0 fully saturated rings. The highest BCUT2D eigenvalue weighted by Gasteiger charge is 2.28. The van der Waals surface area contributed by atoms with E-state index in [-0.39, 0.29) is 42.6 Å². The van der Waals surface area contributed by atoms with Gasteiger partial charge < -0.3 is 19.7 Å². The first-order valence-electron chi connectivity index (χ1n) is 18.6. The number of rotatable bonds is 20. The Hall–Kier alpha value is -3.50. The standard InChI is InChI=1S/C41H58F3N5O4S3/c1-10-29-17-18-49(27-53-19-21-54(5,6)7)35(23-29)39(45)33-16-15-32(31(11-2)40(33)47-26-52-20-22-55(8,9)12-3)37-34(43)25-46-41(38(37)44)48-56(50,51)36-24-30(42)14-13-28(36)4/h13-18,23-25,29,45,47H,10-12,19-22,26-27H2,1-9H3,(H,46,48). The van der Waals surface area contributed by atoms with Gasteiger partial charge in [-0.2, -0.15) is 0 Å². The summed E-state index contributed by atoms with van der Waals surface area (Å²) in [5.41, 5.74) is 2.16. The summed E-state index contributed by atoms with van der Waals surface area (Å²) in [5, 5.41) is 13.0. The topological polar surface area (TPSA) is 117 Å². The van der Waals surface area contributed by atoms with Crippen LogP contribution >= 0.6 is 20.1 Å². The van der Waals surface area contributed by atoms with E-state index >= 15 is 8.78 Å². The van der Waals surface area contributed by atoms with Crippen molar-refractivity contribution in [2.24, 2.45) is 5.92 Å². The third-order valence-corrected chi connectivity index (χ3v) is 15.5. The van der Waals surface area contributed by atoms with Crippen molar-refractivity contribution < 1.29 is 31.1 Å². The number of hydrogen-bond donors (Lipinski definition) is 3. The van der Waals surface area contributed by atoms with Crippen LogP contribution in [-0.4, -0.2) is 99.2 Å². The zero-order valence-electron chi connectivity index (χ0n) is 34.0. The van der Waals surface area contributed by atoms with Crippen molar-refractivity contribution in [3.8, 4) is 11.1 Å². The SMILES string of the molecule is CCc1c(-c2c(F)cnc(NS(=O)(=O)c3cc(F)ccc3C)c2F)ccc(C(=N)C2=CC(CC)C=CN2COCCS(C)(C)C)c1NCOCCS(C)(C)CC. The molecule has 3 N–H and O–H groups in total. The highest BCUT2D eigenvalue weighted by molar-refractivity contribution is 8.32. The van der Waals surface area contributed by atoms with Crippen molar-refractivity contribution >= 4 is 47.3 Å². The Labute approximate surface area is 334 Å². The number of pyridine rings is 1. The van der Waals surface area contributed by atoms with E-state index in [2.05, 4.69) is 66.2 Å². The number of benzene rings is 2. The van der Waals surface area contributed by atoms with Gasteiger partial charge in [-0.15, -0.1) is 0 Å². The van der Waals surface area contributed by atoms with Crippen molar-refractivity contribution in [2.75, 3.05) is 85.3 Å². The zero-order valence-corrected chi connectivity index (χ0v) is 36.5. The Morgan fingerprint density at radius 2 is 1.70 bits per heavy atom. The van der Waals surface area contributed by atoms with Crippen LogP contribution in [0, 0.1) is 35.7 Å². The molecule has 0 saturated carbocycles. The van der Waals surface area contributed by atoms with Gasteiger partial charge in [0.25, 0.3) is 10.0 Å². The summed E-state index contributed by atoms with van der Waals surface area (Å²) >= 11 is 0. The summed E-state index contributed by atoms with van der Waals surface area (Å²) in [4.78, 5) is 5.25. The van der Waals surface area contributed by atoms with Gasteiger partial charge in [-0.05, 0) is 91.5 Å². The third kappa shape index (κ3) is 11.6. The van der Waals surface area contributed by atoms with Gasteiger partial charge in [-0.25, -0.2) is 46.6 Å². The van der Waals surface area contributed by atoms with Crippen molar-refractivity contribution in [2.45, 2.75) is 45.4 Å². The van der Waals surface area contributed by atoms with Crippen molar-refractivity contribution in [3.63, 3.8) is 0 Å². The maximum Gasteiger partial charge on any atom is 0.263 e. The number of nitrogens with zero attached hydrogens (tertiary/aromatic N) is 2. The average Bonchev–Trinajstić information content (AvgIpc) is 3.14. The Bertz CT molecular complexity index is 2050. The minimum absolute atomic E-state index is 0.0772. The van der Waals surface area contributed by atoms with Crippen LogP contribution in [0.5, 0.6) is 0 Å². The second kappa shape index (κ2) is 19.3. The molecule has 1 aromatic heterocycles. The molecule has 56 heavy (non-hydrogen) atoms. The number of allylic oxidation sites excluding steroid dienone is 3. The number of anilines is 2. The highest BCUT2D eigenvalue weighted by atomic mass is 32.3. The van der Waals surface area contributed by atoms with Crippen LogP contribution in [-0.2, 0) is 25.9 Å². The summed E-state index contributed by atoms with van der Waals surface area (Å²) in [6.45, 7) is 8.98. The molecule has 1 atom stereocenters. The molecule has 15 heteroatoms. The van der Waals surface area contributed by atoms with Gasteiger partial charge in [0.2, 0.25) is 0 Å². The van der Waals surface area contributed by atoms with E-state index in [9.17, 15) is 18.2 Å². The van der Waals surface area contributed by atoms with Crippen LogP contribution in [0.3, 0.4) is 0 Å². The van der Waals surface area contributed by atoms with Gasteiger partial charge in [-0.3, -0.25) is 10.1 Å². The fraction of sp³-hybridized carbons (Fsp3) is 0.463. The van der Waals surface area contributed by atoms with Gasteiger partial charge in [-0.1, -0.05) is 51.1 Å². The Kier molecular flexibility index (Phi) is 15.6. The van der Waals surface area contributed by atoms with Crippen molar-refractivity contribution in [3.05, 3.63) is 94.7 Å². The van der Waals surface area contributed by atoms with Crippen LogP contribution < -0.4 is 10.0 Å². The Morgan fingerprint density at radius 3 is 2.36 bits per heavy atom. The number of halogens is 3. The molecule has 4 rings (SSSR count). The molecule has 0 amide bonds. The average molecular weight is 838 g/mol. The van der Waals surface area contributed by atoms with Gasteiger partial charge in [0.1, 0.15) is 19.3 Å². The number of hydrogen-bond acceptors (Lipinski definition) is 8.